The third kappa shape index (κ3) is 3.04. The SMILES string of the molecule is N#CCCNC(=O)COC(=O)C1C2CC3CC(C2)CC1C3. The van der Waals surface area contributed by atoms with Crippen molar-refractivity contribution in [2.24, 2.45) is 29.6 Å². The monoisotopic (exact) mass is 290 g/mol. The molecule has 0 atom stereocenters. The highest BCUT2D eigenvalue weighted by atomic mass is 16.5. The Morgan fingerprint density at radius 2 is 1.71 bits per heavy atom. The van der Waals surface area contributed by atoms with Crippen LogP contribution in [0.3, 0.4) is 0 Å². The van der Waals surface area contributed by atoms with E-state index in [9.17, 15) is 9.59 Å². The van der Waals surface area contributed by atoms with E-state index in [1.165, 1.54) is 32.1 Å². The van der Waals surface area contributed by atoms with E-state index in [0.717, 1.165) is 11.8 Å². The van der Waals surface area contributed by atoms with E-state index in [1.807, 2.05) is 6.07 Å². The van der Waals surface area contributed by atoms with Crippen LogP contribution < -0.4 is 5.32 Å². The number of carbonyl (C=O) groups is 2. The zero-order valence-electron chi connectivity index (χ0n) is 12.2. The number of esters is 1. The third-order valence-electron chi connectivity index (χ3n) is 5.40. The van der Waals surface area contributed by atoms with Crippen LogP contribution in [0.1, 0.15) is 38.5 Å². The molecule has 4 saturated carbocycles. The van der Waals surface area contributed by atoms with Gasteiger partial charge in [0.15, 0.2) is 6.61 Å². The van der Waals surface area contributed by atoms with Gasteiger partial charge in [0.1, 0.15) is 0 Å². The molecule has 0 saturated heterocycles. The van der Waals surface area contributed by atoms with Gasteiger partial charge in [0, 0.05) is 6.54 Å². The zero-order chi connectivity index (χ0) is 14.8. The standard InChI is InChI=1S/C16H22N2O3/c17-2-1-3-18-14(19)9-21-16(20)15-12-5-10-4-11(7-12)8-13(15)6-10/h10-13,15H,1,3-9H2,(H,18,19). The number of rotatable bonds is 5. The Labute approximate surface area is 125 Å². The first-order valence-electron chi connectivity index (χ1n) is 7.97. The lowest BCUT2D eigenvalue weighted by Crippen LogP contribution is -2.48. The van der Waals surface area contributed by atoms with E-state index in [4.69, 9.17) is 10.00 Å². The Kier molecular flexibility index (Phi) is 4.14. The molecule has 4 fully saturated rings. The second-order valence-corrected chi connectivity index (χ2v) is 6.82. The van der Waals surface area contributed by atoms with Crippen LogP contribution in [0.4, 0.5) is 0 Å². The van der Waals surface area contributed by atoms with Crippen molar-refractivity contribution in [3.05, 3.63) is 0 Å². The largest absolute Gasteiger partial charge is 0.455 e. The van der Waals surface area contributed by atoms with E-state index in [0.29, 0.717) is 18.4 Å². The molecule has 1 amide bonds. The summed E-state index contributed by atoms with van der Waals surface area (Å²) in [5, 5.41) is 11.0. The first-order chi connectivity index (χ1) is 10.2. The summed E-state index contributed by atoms with van der Waals surface area (Å²) >= 11 is 0. The highest BCUT2D eigenvalue weighted by molar-refractivity contribution is 5.81. The van der Waals surface area contributed by atoms with Gasteiger partial charge in [0.25, 0.3) is 5.91 Å². The molecule has 0 aromatic carbocycles. The summed E-state index contributed by atoms with van der Waals surface area (Å²) in [5.41, 5.74) is 0. The van der Waals surface area contributed by atoms with Gasteiger partial charge in [-0.05, 0) is 55.8 Å². The van der Waals surface area contributed by atoms with Crippen LogP contribution in [-0.4, -0.2) is 25.0 Å². The lowest BCUT2D eigenvalue weighted by Gasteiger charge is -2.53. The van der Waals surface area contributed by atoms with Gasteiger partial charge in [-0.2, -0.15) is 5.26 Å². The van der Waals surface area contributed by atoms with Crippen LogP contribution in [0.2, 0.25) is 0 Å². The molecule has 0 heterocycles. The summed E-state index contributed by atoms with van der Waals surface area (Å²) in [7, 11) is 0. The molecule has 21 heavy (non-hydrogen) atoms. The van der Waals surface area contributed by atoms with Crippen LogP contribution in [0, 0.1) is 40.9 Å². The van der Waals surface area contributed by atoms with Gasteiger partial charge < -0.3 is 10.1 Å². The highest BCUT2D eigenvalue weighted by Crippen LogP contribution is 2.56. The number of nitrogens with zero attached hydrogens (tertiary/aromatic N) is 1. The summed E-state index contributed by atoms with van der Waals surface area (Å²) in [5.74, 6) is 2.13. The normalized spacial score (nSPS) is 36.0. The Balaban J connectivity index is 1.48. The fourth-order valence-electron chi connectivity index (χ4n) is 4.85. The Morgan fingerprint density at radius 1 is 1.10 bits per heavy atom. The molecule has 0 aromatic heterocycles. The molecule has 114 valence electrons. The second-order valence-electron chi connectivity index (χ2n) is 6.82. The van der Waals surface area contributed by atoms with Crippen LogP contribution in [0.25, 0.3) is 0 Å². The molecule has 0 aromatic rings. The van der Waals surface area contributed by atoms with Crippen LogP contribution in [0.15, 0.2) is 0 Å². The Morgan fingerprint density at radius 3 is 2.29 bits per heavy atom. The van der Waals surface area contributed by atoms with Gasteiger partial charge in [-0.15, -0.1) is 0 Å². The van der Waals surface area contributed by atoms with Crippen molar-refractivity contribution in [2.75, 3.05) is 13.2 Å². The number of hydrogen-bond donors (Lipinski definition) is 1. The van der Waals surface area contributed by atoms with Crippen molar-refractivity contribution >= 4 is 11.9 Å². The van der Waals surface area contributed by atoms with Gasteiger partial charge in [-0.25, -0.2) is 0 Å². The number of hydrogen-bond acceptors (Lipinski definition) is 4. The lowest BCUT2D eigenvalue weighted by molar-refractivity contribution is -0.164. The molecule has 4 rings (SSSR count). The van der Waals surface area contributed by atoms with Crippen LogP contribution >= 0.6 is 0 Å². The topological polar surface area (TPSA) is 79.2 Å². The number of nitriles is 1. The summed E-state index contributed by atoms with van der Waals surface area (Å²) in [6.45, 7) is 0.0952. The molecule has 0 spiro atoms. The fourth-order valence-corrected chi connectivity index (χ4v) is 4.85. The molecule has 1 N–H and O–H groups in total. The maximum Gasteiger partial charge on any atom is 0.310 e. The maximum absolute atomic E-state index is 12.3. The molecule has 5 heteroatoms. The molecule has 4 aliphatic carbocycles. The number of amides is 1. The average Bonchev–Trinajstić information content (AvgIpc) is 2.44. The lowest BCUT2D eigenvalue weighted by atomic mass is 9.52. The average molecular weight is 290 g/mol. The molecule has 4 bridgehead atoms. The van der Waals surface area contributed by atoms with E-state index >= 15 is 0 Å². The van der Waals surface area contributed by atoms with Crippen molar-refractivity contribution < 1.29 is 14.3 Å². The first kappa shape index (κ1) is 14.4. The third-order valence-corrected chi connectivity index (χ3v) is 5.40. The highest BCUT2D eigenvalue weighted by Gasteiger charge is 2.51. The first-order valence-corrected chi connectivity index (χ1v) is 7.97. The molecule has 0 unspecified atom stereocenters. The predicted octanol–water partition coefficient (Wildman–Crippen LogP) is 1.63. The molecule has 5 nitrogen and oxygen atoms in total. The summed E-state index contributed by atoms with van der Waals surface area (Å²) in [4.78, 5) is 23.8. The van der Waals surface area contributed by atoms with Crippen LogP contribution in [0.5, 0.6) is 0 Å². The molecule has 0 radical (unpaired) electrons. The van der Waals surface area contributed by atoms with Crippen molar-refractivity contribution in [3.8, 4) is 6.07 Å². The maximum atomic E-state index is 12.3. The fraction of sp³-hybridized carbons (Fsp3) is 0.812. The Bertz CT molecular complexity index is 441. The van der Waals surface area contributed by atoms with Gasteiger partial charge >= 0.3 is 5.97 Å². The minimum atomic E-state index is -0.317. The minimum absolute atomic E-state index is 0.0182. The Hall–Kier alpha value is -1.57. The molecule has 4 aliphatic rings. The van der Waals surface area contributed by atoms with E-state index < -0.39 is 0 Å². The summed E-state index contributed by atoms with van der Waals surface area (Å²) in [6.07, 6.45) is 6.30. The molecular formula is C16H22N2O3. The predicted molar refractivity (Wildman–Crippen MR) is 74.7 cm³/mol. The van der Waals surface area contributed by atoms with Crippen molar-refractivity contribution in [1.29, 1.82) is 5.26 Å². The van der Waals surface area contributed by atoms with E-state index in [2.05, 4.69) is 5.32 Å². The smallest absolute Gasteiger partial charge is 0.310 e. The van der Waals surface area contributed by atoms with E-state index in [1.54, 1.807) is 0 Å². The summed E-state index contributed by atoms with van der Waals surface area (Å²) in [6, 6.07) is 1.95. The van der Waals surface area contributed by atoms with Gasteiger partial charge in [-0.1, -0.05) is 0 Å². The number of nitrogens with one attached hydrogen (secondary N) is 1. The summed E-state index contributed by atoms with van der Waals surface area (Å²) < 4.78 is 5.23. The van der Waals surface area contributed by atoms with Crippen molar-refractivity contribution in [3.63, 3.8) is 0 Å². The molecular weight excluding hydrogens is 268 g/mol. The minimum Gasteiger partial charge on any atom is -0.455 e. The number of ether oxygens (including phenoxy) is 1. The quantitative estimate of drug-likeness (QED) is 0.616. The second kappa shape index (κ2) is 6.05. The van der Waals surface area contributed by atoms with Crippen LogP contribution in [-0.2, 0) is 14.3 Å². The molecule has 0 aliphatic heterocycles. The zero-order valence-corrected chi connectivity index (χ0v) is 12.2. The van der Waals surface area contributed by atoms with Gasteiger partial charge in [0.2, 0.25) is 0 Å². The van der Waals surface area contributed by atoms with E-state index in [-0.39, 0.29) is 30.8 Å². The van der Waals surface area contributed by atoms with Crippen molar-refractivity contribution in [1.82, 2.24) is 5.32 Å². The van der Waals surface area contributed by atoms with Gasteiger partial charge in [0.05, 0.1) is 18.4 Å². The van der Waals surface area contributed by atoms with Gasteiger partial charge in [-0.3, -0.25) is 9.59 Å². The number of carbonyl (C=O) groups excluding carboxylic acids is 2. The van der Waals surface area contributed by atoms with Crippen molar-refractivity contribution in [2.45, 2.75) is 38.5 Å².